The zero-order valence-corrected chi connectivity index (χ0v) is 10.5. The van der Waals surface area contributed by atoms with Crippen LogP contribution in [0.2, 0.25) is 0 Å². The molecule has 21 heavy (non-hydrogen) atoms. The molecule has 0 saturated heterocycles. The summed E-state index contributed by atoms with van der Waals surface area (Å²) in [4.78, 5) is 14.2. The molecule has 0 aliphatic carbocycles. The summed E-state index contributed by atoms with van der Waals surface area (Å²) in [5.41, 5.74) is -0.825. The number of carboxylic acid groups (broad SMARTS) is 1. The summed E-state index contributed by atoms with van der Waals surface area (Å²) in [6.07, 6.45) is -3.19. The van der Waals surface area contributed by atoms with Gasteiger partial charge in [0.05, 0.1) is 11.3 Å². The second kappa shape index (κ2) is 5.67. The summed E-state index contributed by atoms with van der Waals surface area (Å²) in [6.45, 7) is 0. The Morgan fingerprint density at radius 1 is 1.19 bits per heavy atom. The SMILES string of the molecule is O=C(O)C#Cc1ccc(-c2ccccn2)c(C(F)(F)F)c1. The molecule has 1 N–H and O–H groups in total. The topological polar surface area (TPSA) is 50.2 Å². The second-order valence-electron chi connectivity index (χ2n) is 4.03. The van der Waals surface area contributed by atoms with Gasteiger partial charge in [0.15, 0.2) is 0 Å². The van der Waals surface area contributed by atoms with Gasteiger partial charge in [-0.3, -0.25) is 4.98 Å². The zero-order valence-electron chi connectivity index (χ0n) is 10.5. The van der Waals surface area contributed by atoms with Gasteiger partial charge >= 0.3 is 12.1 Å². The van der Waals surface area contributed by atoms with Crippen molar-refractivity contribution < 1.29 is 23.1 Å². The molecule has 0 aliphatic heterocycles. The van der Waals surface area contributed by atoms with Crippen molar-refractivity contribution in [3.8, 4) is 23.1 Å². The predicted molar refractivity (Wildman–Crippen MR) is 69.2 cm³/mol. The van der Waals surface area contributed by atoms with Crippen LogP contribution >= 0.6 is 0 Å². The number of rotatable bonds is 1. The minimum Gasteiger partial charge on any atom is -0.472 e. The number of carboxylic acids is 1. The minimum absolute atomic E-state index is 0.0237. The van der Waals surface area contributed by atoms with E-state index >= 15 is 0 Å². The summed E-state index contributed by atoms with van der Waals surface area (Å²) >= 11 is 0. The van der Waals surface area contributed by atoms with Crippen molar-refractivity contribution >= 4 is 5.97 Å². The van der Waals surface area contributed by atoms with E-state index in [1.54, 1.807) is 18.1 Å². The van der Waals surface area contributed by atoms with E-state index in [2.05, 4.69) is 10.9 Å². The molecule has 0 bridgehead atoms. The molecule has 2 rings (SSSR count). The maximum Gasteiger partial charge on any atom is 0.417 e. The number of halogens is 3. The van der Waals surface area contributed by atoms with Gasteiger partial charge in [-0.2, -0.15) is 13.2 Å². The number of alkyl halides is 3. The van der Waals surface area contributed by atoms with Crippen LogP contribution in [0.25, 0.3) is 11.3 Å². The first-order valence-corrected chi connectivity index (χ1v) is 5.75. The molecule has 1 aromatic carbocycles. The van der Waals surface area contributed by atoms with Gasteiger partial charge in [0.1, 0.15) is 0 Å². The molecule has 0 unspecified atom stereocenters. The quantitative estimate of drug-likeness (QED) is 0.821. The first-order valence-electron chi connectivity index (χ1n) is 5.75. The fourth-order valence-corrected chi connectivity index (χ4v) is 1.73. The van der Waals surface area contributed by atoms with Gasteiger partial charge in [-0.1, -0.05) is 18.1 Å². The van der Waals surface area contributed by atoms with Gasteiger partial charge < -0.3 is 5.11 Å². The number of pyridine rings is 1. The van der Waals surface area contributed by atoms with E-state index in [0.717, 1.165) is 6.07 Å². The van der Waals surface area contributed by atoms with Gasteiger partial charge in [-0.25, -0.2) is 4.79 Å². The predicted octanol–water partition coefficient (Wildman–Crippen LogP) is 3.20. The molecule has 0 aliphatic rings. The van der Waals surface area contributed by atoms with Gasteiger partial charge in [-0.15, -0.1) is 0 Å². The van der Waals surface area contributed by atoms with Crippen molar-refractivity contribution in [3.63, 3.8) is 0 Å². The maximum absolute atomic E-state index is 13.1. The van der Waals surface area contributed by atoms with E-state index in [-0.39, 0.29) is 16.8 Å². The van der Waals surface area contributed by atoms with Crippen molar-refractivity contribution in [1.82, 2.24) is 4.98 Å². The van der Waals surface area contributed by atoms with Crippen LogP contribution in [0.4, 0.5) is 13.2 Å². The highest BCUT2D eigenvalue weighted by atomic mass is 19.4. The summed E-state index contributed by atoms with van der Waals surface area (Å²) in [5, 5.41) is 8.43. The fraction of sp³-hybridized carbons (Fsp3) is 0.0667. The Morgan fingerprint density at radius 2 is 1.95 bits per heavy atom. The van der Waals surface area contributed by atoms with Gasteiger partial charge in [0.25, 0.3) is 0 Å². The first-order chi connectivity index (χ1) is 9.88. The smallest absolute Gasteiger partial charge is 0.417 e. The Bertz CT molecular complexity index is 728. The number of nitrogens with zero attached hydrogens (tertiary/aromatic N) is 1. The molecular weight excluding hydrogens is 283 g/mol. The lowest BCUT2D eigenvalue weighted by Crippen LogP contribution is -2.08. The van der Waals surface area contributed by atoms with Crippen LogP contribution in [0.15, 0.2) is 42.6 Å². The van der Waals surface area contributed by atoms with Crippen molar-refractivity contribution in [2.75, 3.05) is 0 Å². The molecule has 1 aromatic heterocycles. The molecule has 0 amide bonds. The van der Waals surface area contributed by atoms with Crippen LogP contribution in [0.3, 0.4) is 0 Å². The highest BCUT2D eigenvalue weighted by Gasteiger charge is 2.34. The number of aliphatic carboxylic acids is 1. The van der Waals surface area contributed by atoms with Crippen LogP contribution in [-0.2, 0) is 11.0 Å². The number of carbonyl (C=O) groups is 1. The molecule has 6 heteroatoms. The Labute approximate surface area is 118 Å². The third-order valence-electron chi connectivity index (χ3n) is 2.58. The van der Waals surface area contributed by atoms with Crippen molar-refractivity contribution in [3.05, 3.63) is 53.7 Å². The first kappa shape index (κ1) is 14.6. The zero-order chi connectivity index (χ0) is 15.5. The number of hydrogen-bond donors (Lipinski definition) is 1. The lowest BCUT2D eigenvalue weighted by Gasteiger charge is -2.12. The molecule has 0 fully saturated rings. The average Bonchev–Trinajstić information content (AvgIpc) is 2.45. The highest BCUT2D eigenvalue weighted by Crippen LogP contribution is 2.36. The summed E-state index contributed by atoms with van der Waals surface area (Å²) < 4.78 is 39.4. The summed E-state index contributed by atoms with van der Waals surface area (Å²) in [5.74, 6) is 2.54. The van der Waals surface area contributed by atoms with Crippen LogP contribution in [0.5, 0.6) is 0 Å². The average molecular weight is 291 g/mol. The van der Waals surface area contributed by atoms with E-state index < -0.39 is 17.7 Å². The Morgan fingerprint density at radius 3 is 2.52 bits per heavy atom. The van der Waals surface area contributed by atoms with E-state index in [1.807, 2.05) is 0 Å². The lowest BCUT2D eigenvalue weighted by atomic mass is 10.0. The molecule has 2 aromatic rings. The Hall–Kier alpha value is -2.81. The summed E-state index contributed by atoms with van der Waals surface area (Å²) in [7, 11) is 0. The third-order valence-corrected chi connectivity index (χ3v) is 2.58. The maximum atomic E-state index is 13.1. The molecule has 0 spiro atoms. The van der Waals surface area contributed by atoms with Crippen LogP contribution in [0.1, 0.15) is 11.1 Å². The molecule has 106 valence electrons. The monoisotopic (exact) mass is 291 g/mol. The van der Waals surface area contributed by atoms with E-state index in [9.17, 15) is 18.0 Å². The van der Waals surface area contributed by atoms with Crippen LogP contribution in [0, 0.1) is 11.8 Å². The van der Waals surface area contributed by atoms with Crippen molar-refractivity contribution in [2.45, 2.75) is 6.18 Å². The molecular formula is C15H8F3NO2. The van der Waals surface area contributed by atoms with Crippen molar-refractivity contribution in [1.29, 1.82) is 0 Å². The van der Waals surface area contributed by atoms with Gasteiger partial charge in [0.2, 0.25) is 0 Å². The van der Waals surface area contributed by atoms with E-state index in [4.69, 9.17) is 5.11 Å². The summed E-state index contributed by atoms with van der Waals surface area (Å²) in [6, 6.07) is 8.03. The third kappa shape index (κ3) is 3.60. The van der Waals surface area contributed by atoms with E-state index in [0.29, 0.717) is 0 Å². The number of aromatic nitrogens is 1. The normalized spacial score (nSPS) is 10.6. The Balaban J connectivity index is 2.58. The van der Waals surface area contributed by atoms with E-state index in [1.165, 1.54) is 24.4 Å². The van der Waals surface area contributed by atoms with Crippen LogP contribution < -0.4 is 0 Å². The number of hydrogen-bond acceptors (Lipinski definition) is 2. The molecule has 0 atom stereocenters. The van der Waals surface area contributed by atoms with Gasteiger partial charge in [0, 0.05) is 23.2 Å². The standard InChI is InChI=1S/C15H8F3NO2/c16-15(17,18)12-9-10(5-7-14(20)21)4-6-11(12)13-3-1-2-8-19-13/h1-4,6,8-9H,(H,20,21). The number of benzene rings is 1. The molecule has 3 nitrogen and oxygen atoms in total. The van der Waals surface area contributed by atoms with Gasteiger partial charge in [-0.05, 0) is 24.3 Å². The molecule has 1 heterocycles. The Kier molecular flexibility index (Phi) is 3.94. The largest absolute Gasteiger partial charge is 0.472 e. The fourth-order valence-electron chi connectivity index (χ4n) is 1.73. The highest BCUT2D eigenvalue weighted by molar-refractivity contribution is 5.87. The minimum atomic E-state index is -4.59. The molecule has 0 radical (unpaired) electrons. The molecule has 0 saturated carbocycles. The second-order valence-corrected chi connectivity index (χ2v) is 4.03. The lowest BCUT2D eigenvalue weighted by molar-refractivity contribution is -0.137. The van der Waals surface area contributed by atoms with Crippen molar-refractivity contribution in [2.24, 2.45) is 0 Å². The van der Waals surface area contributed by atoms with Crippen LogP contribution in [-0.4, -0.2) is 16.1 Å².